The lowest BCUT2D eigenvalue weighted by atomic mass is 9.72. The van der Waals surface area contributed by atoms with Crippen LogP contribution >= 0.6 is 0 Å². The summed E-state index contributed by atoms with van der Waals surface area (Å²) >= 11 is 0. The molecule has 4 atom stereocenters. The highest BCUT2D eigenvalue weighted by Gasteiger charge is 2.75. The number of rotatable bonds is 5. The van der Waals surface area contributed by atoms with Crippen LogP contribution in [0.15, 0.2) is 36.4 Å². The Kier molecular flexibility index (Phi) is 4.62. The average Bonchev–Trinajstić information content (AvgIpc) is 3.26. The van der Waals surface area contributed by atoms with Crippen molar-refractivity contribution in [2.75, 3.05) is 4.90 Å². The second-order valence-corrected chi connectivity index (χ2v) is 8.10. The highest BCUT2D eigenvalue weighted by molar-refractivity contribution is 6.23. The fourth-order valence-corrected chi connectivity index (χ4v) is 4.68. The van der Waals surface area contributed by atoms with Crippen LogP contribution in [0.25, 0.3) is 0 Å². The molecule has 0 N–H and O–H groups in total. The summed E-state index contributed by atoms with van der Waals surface area (Å²) in [4.78, 5) is 63.0. The number of amides is 2. The summed E-state index contributed by atoms with van der Waals surface area (Å²) in [6, 6.07) is 6.21. The van der Waals surface area contributed by atoms with Gasteiger partial charge in [0.1, 0.15) is 0 Å². The summed E-state index contributed by atoms with van der Waals surface area (Å²) in [5.74, 6) is -4.78. The zero-order valence-electron chi connectivity index (χ0n) is 17.4. The Morgan fingerprint density at radius 1 is 1.00 bits per heavy atom. The first kappa shape index (κ1) is 20.9. The fourth-order valence-electron chi connectivity index (χ4n) is 4.68. The van der Waals surface area contributed by atoms with Gasteiger partial charge in [0.2, 0.25) is 11.8 Å². The quantitative estimate of drug-likeness (QED) is 0.228. The number of fused-ring (bicyclic) bond motifs is 5. The molecular weight excluding hydrogens is 406 g/mol. The van der Waals surface area contributed by atoms with Crippen LogP contribution in [-0.2, 0) is 33.4 Å². The third kappa shape index (κ3) is 2.99. The molecule has 9 heteroatoms. The summed E-state index contributed by atoms with van der Waals surface area (Å²) in [5.41, 5.74) is -2.20. The van der Waals surface area contributed by atoms with Crippen LogP contribution in [0.4, 0.5) is 5.69 Å². The van der Waals surface area contributed by atoms with E-state index in [0.717, 1.165) is 18.7 Å². The van der Waals surface area contributed by atoms with Crippen molar-refractivity contribution in [2.24, 2.45) is 11.8 Å². The third-order valence-corrected chi connectivity index (χ3v) is 5.91. The summed E-state index contributed by atoms with van der Waals surface area (Å²) < 4.78 is 16.5. The Morgan fingerprint density at radius 3 is 2.19 bits per heavy atom. The maximum atomic E-state index is 13.5. The smallest absolute Gasteiger partial charge is 0.305 e. The second kappa shape index (κ2) is 6.84. The number of carbonyl (C=O) groups is 5. The standard InChI is InChI=1S/C22H21NO8/c1-11(24)14-6-5-7-15(10-14)23-18(27)16-17(19(23)28)22(9-8-21(16,4)31-22)20(29-12(2)25)30-13(3)26/h5-10,16-17,20H,1-4H3/t16-,17-,21-,22+/m1/s1. The van der Waals surface area contributed by atoms with Gasteiger partial charge < -0.3 is 14.2 Å². The summed E-state index contributed by atoms with van der Waals surface area (Å²) in [6.07, 6.45) is 1.59. The highest BCUT2D eigenvalue weighted by Crippen LogP contribution is 2.59. The number of nitrogens with zero attached hydrogens (tertiary/aromatic N) is 1. The average molecular weight is 427 g/mol. The monoisotopic (exact) mass is 427 g/mol. The van der Waals surface area contributed by atoms with Crippen molar-refractivity contribution in [1.29, 1.82) is 0 Å². The van der Waals surface area contributed by atoms with Crippen LogP contribution in [0.1, 0.15) is 38.1 Å². The molecule has 162 valence electrons. The van der Waals surface area contributed by atoms with E-state index in [-0.39, 0.29) is 11.5 Å². The number of imide groups is 1. The van der Waals surface area contributed by atoms with Crippen molar-refractivity contribution < 1.29 is 38.2 Å². The molecular formula is C22H21NO8. The van der Waals surface area contributed by atoms with E-state index in [1.165, 1.54) is 19.1 Å². The second-order valence-electron chi connectivity index (χ2n) is 8.10. The van der Waals surface area contributed by atoms with E-state index in [2.05, 4.69) is 0 Å². The minimum absolute atomic E-state index is 0.209. The summed E-state index contributed by atoms with van der Waals surface area (Å²) in [7, 11) is 0. The maximum Gasteiger partial charge on any atom is 0.305 e. The highest BCUT2D eigenvalue weighted by atomic mass is 16.7. The van der Waals surface area contributed by atoms with E-state index >= 15 is 0 Å². The summed E-state index contributed by atoms with van der Waals surface area (Å²) in [6.45, 7) is 5.31. The van der Waals surface area contributed by atoms with E-state index < -0.39 is 53.1 Å². The van der Waals surface area contributed by atoms with E-state index in [1.807, 2.05) is 0 Å². The molecule has 0 unspecified atom stereocenters. The molecule has 1 aromatic carbocycles. The Balaban J connectivity index is 1.79. The molecule has 0 saturated carbocycles. The van der Waals surface area contributed by atoms with Crippen molar-refractivity contribution >= 4 is 35.2 Å². The van der Waals surface area contributed by atoms with Gasteiger partial charge in [0.15, 0.2) is 11.4 Å². The first-order chi connectivity index (χ1) is 14.5. The number of anilines is 1. The molecule has 2 fully saturated rings. The van der Waals surface area contributed by atoms with Crippen LogP contribution in [0.5, 0.6) is 0 Å². The molecule has 1 aromatic rings. The molecule has 0 aliphatic carbocycles. The molecule has 0 spiro atoms. The lowest BCUT2D eigenvalue weighted by molar-refractivity contribution is -0.231. The topological polar surface area (TPSA) is 116 Å². The normalized spacial score (nSPS) is 30.7. The third-order valence-electron chi connectivity index (χ3n) is 5.91. The van der Waals surface area contributed by atoms with Gasteiger partial charge >= 0.3 is 11.9 Å². The predicted molar refractivity (Wildman–Crippen MR) is 105 cm³/mol. The Labute approximate surface area is 177 Å². The van der Waals surface area contributed by atoms with Crippen molar-refractivity contribution in [3.05, 3.63) is 42.0 Å². The Bertz CT molecular complexity index is 1050. The molecule has 9 nitrogen and oxygen atoms in total. The van der Waals surface area contributed by atoms with Gasteiger partial charge in [-0.05, 0) is 32.1 Å². The molecule has 2 amide bonds. The Morgan fingerprint density at radius 2 is 1.61 bits per heavy atom. The minimum atomic E-state index is -1.64. The molecule has 2 saturated heterocycles. The van der Waals surface area contributed by atoms with Crippen LogP contribution in [-0.4, -0.2) is 47.0 Å². The number of ketones is 1. The van der Waals surface area contributed by atoms with Gasteiger partial charge in [0, 0.05) is 19.4 Å². The first-order valence-electron chi connectivity index (χ1n) is 9.74. The number of ether oxygens (including phenoxy) is 3. The molecule has 3 heterocycles. The Hall–Kier alpha value is -3.33. The van der Waals surface area contributed by atoms with Gasteiger partial charge in [-0.25, -0.2) is 4.90 Å². The molecule has 31 heavy (non-hydrogen) atoms. The van der Waals surface area contributed by atoms with E-state index in [1.54, 1.807) is 31.2 Å². The van der Waals surface area contributed by atoms with Gasteiger partial charge in [-0.3, -0.25) is 24.0 Å². The van der Waals surface area contributed by atoms with Crippen LogP contribution in [0.2, 0.25) is 0 Å². The zero-order chi connectivity index (χ0) is 22.7. The van der Waals surface area contributed by atoms with Crippen LogP contribution in [0.3, 0.4) is 0 Å². The van der Waals surface area contributed by atoms with E-state index in [0.29, 0.717) is 5.56 Å². The number of hydrogen-bond acceptors (Lipinski definition) is 8. The number of carbonyl (C=O) groups excluding carboxylic acids is 5. The number of benzene rings is 1. The molecule has 0 radical (unpaired) electrons. The lowest BCUT2D eigenvalue weighted by Gasteiger charge is -2.34. The van der Waals surface area contributed by atoms with Crippen molar-refractivity contribution in [1.82, 2.24) is 0 Å². The van der Waals surface area contributed by atoms with Gasteiger partial charge in [-0.2, -0.15) is 0 Å². The SMILES string of the molecule is CC(=O)OC(OC(C)=O)[C@@]12C=C[C@@](C)(O1)[C@H]1C(=O)N(c3cccc(C(C)=O)c3)C(=O)[C@@H]12. The van der Waals surface area contributed by atoms with Crippen LogP contribution < -0.4 is 4.90 Å². The number of hydrogen-bond donors (Lipinski definition) is 0. The molecule has 3 aliphatic rings. The van der Waals surface area contributed by atoms with Gasteiger partial charge in [-0.15, -0.1) is 0 Å². The van der Waals surface area contributed by atoms with Crippen molar-refractivity contribution in [3.8, 4) is 0 Å². The molecule has 4 rings (SSSR count). The molecule has 3 aliphatic heterocycles. The lowest BCUT2D eigenvalue weighted by Crippen LogP contribution is -2.52. The summed E-state index contributed by atoms with van der Waals surface area (Å²) in [5, 5.41) is 0. The van der Waals surface area contributed by atoms with Gasteiger partial charge in [0.05, 0.1) is 23.1 Å². The zero-order valence-corrected chi connectivity index (χ0v) is 17.4. The largest absolute Gasteiger partial charge is 0.422 e. The minimum Gasteiger partial charge on any atom is -0.422 e. The molecule has 0 aromatic heterocycles. The van der Waals surface area contributed by atoms with Gasteiger partial charge in [-0.1, -0.05) is 18.2 Å². The van der Waals surface area contributed by atoms with Crippen LogP contribution in [0, 0.1) is 11.8 Å². The molecule has 2 bridgehead atoms. The number of Topliss-reactive ketones (excluding diaryl/α,β-unsaturated/α-hetero) is 1. The first-order valence-corrected chi connectivity index (χ1v) is 9.74. The maximum absolute atomic E-state index is 13.5. The van der Waals surface area contributed by atoms with E-state index in [4.69, 9.17) is 14.2 Å². The van der Waals surface area contributed by atoms with E-state index in [9.17, 15) is 24.0 Å². The van der Waals surface area contributed by atoms with Crippen molar-refractivity contribution in [3.63, 3.8) is 0 Å². The predicted octanol–water partition coefficient (Wildman–Crippen LogP) is 1.54. The van der Waals surface area contributed by atoms with Crippen molar-refractivity contribution in [2.45, 2.75) is 45.2 Å². The number of esters is 2. The fraction of sp³-hybridized carbons (Fsp3) is 0.409. The van der Waals surface area contributed by atoms with Gasteiger partial charge in [0.25, 0.3) is 6.29 Å².